The number of nitrogens with two attached hydrogens (primary N) is 1. The fourth-order valence-electron chi connectivity index (χ4n) is 2.86. The van der Waals surface area contributed by atoms with Crippen LogP contribution in [0.25, 0.3) is 0 Å². The number of hydrogen-bond acceptors (Lipinski definition) is 4. The van der Waals surface area contributed by atoms with Crippen LogP contribution in [0.1, 0.15) is 48.9 Å². The van der Waals surface area contributed by atoms with Crippen molar-refractivity contribution < 1.29 is 9.53 Å². The third-order valence-electron chi connectivity index (χ3n) is 4.17. The molecule has 5 nitrogen and oxygen atoms in total. The lowest BCUT2D eigenvalue weighted by Crippen LogP contribution is -2.34. The molecule has 0 bridgehead atoms. The molecule has 2 rings (SSSR count). The molecule has 1 saturated carbocycles. The third kappa shape index (κ3) is 4.91. The molecule has 0 aliphatic heterocycles. The zero-order valence-corrected chi connectivity index (χ0v) is 13.4. The van der Waals surface area contributed by atoms with Crippen molar-refractivity contribution in [3.63, 3.8) is 0 Å². The second-order valence-electron chi connectivity index (χ2n) is 5.86. The van der Waals surface area contributed by atoms with Gasteiger partial charge in [0.15, 0.2) is 0 Å². The fraction of sp³-hybridized carbons (Fsp3) is 0.588. The van der Waals surface area contributed by atoms with Crippen molar-refractivity contribution in [3.8, 4) is 5.75 Å². The van der Waals surface area contributed by atoms with Crippen molar-refractivity contribution >= 4 is 11.6 Å². The molecule has 1 aliphatic rings. The van der Waals surface area contributed by atoms with Crippen molar-refractivity contribution in [2.24, 2.45) is 0 Å². The number of rotatable bonds is 7. The summed E-state index contributed by atoms with van der Waals surface area (Å²) in [5.74, 6) is 0.447. The Morgan fingerprint density at radius 1 is 1.27 bits per heavy atom. The van der Waals surface area contributed by atoms with Crippen LogP contribution in [0.3, 0.4) is 0 Å². The van der Waals surface area contributed by atoms with E-state index >= 15 is 0 Å². The maximum atomic E-state index is 12.1. The first-order chi connectivity index (χ1) is 10.7. The molecule has 0 aromatic heterocycles. The Bertz CT molecular complexity index is 485. The van der Waals surface area contributed by atoms with Crippen molar-refractivity contribution in [2.45, 2.75) is 44.6 Å². The van der Waals surface area contributed by atoms with Gasteiger partial charge in [-0.3, -0.25) is 4.79 Å². The van der Waals surface area contributed by atoms with Gasteiger partial charge >= 0.3 is 0 Å². The second-order valence-corrected chi connectivity index (χ2v) is 5.86. The van der Waals surface area contributed by atoms with Crippen LogP contribution in [0, 0.1) is 0 Å². The van der Waals surface area contributed by atoms with Crippen LogP contribution in [-0.2, 0) is 0 Å². The Hall–Kier alpha value is -1.75. The Kier molecular flexibility index (Phi) is 6.52. The van der Waals surface area contributed by atoms with Crippen LogP contribution in [0.5, 0.6) is 5.75 Å². The SMILES string of the molecule is COc1cc(C(=O)NCCCNC2CCCCC2)ccc1N. The summed E-state index contributed by atoms with van der Waals surface area (Å²) in [5, 5.41) is 6.51. The molecule has 22 heavy (non-hydrogen) atoms. The summed E-state index contributed by atoms with van der Waals surface area (Å²) >= 11 is 0. The summed E-state index contributed by atoms with van der Waals surface area (Å²) in [6.07, 6.45) is 7.57. The van der Waals surface area contributed by atoms with E-state index in [1.54, 1.807) is 25.3 Å². The fourth-order valence-corrected chi connectivity index (χ4v) is 2.86. The maximum Gasteiger partial charge on any atom is 0.251 e. The lowest BCUT2D eigenvalue weighted by molar-refractivity contribution is 0.0953. The first kappa shape index (κ1) is 16.6. The highest BCUT2D eigenvalue weighted by atomic mass is 16.5. The number of carbonyl (C=O) groups is 1. The Morgan fingerprint density at radius 2 is 2.05 bits per heavy atom. The highest BCUT2D eigenvalue weighted by Gasteiger charge is 2.12. The second kappa shape index (κ2) is 8.63. The van der Waals surface area contributed by atoms with Crippen molar-refractivity contribution in [1.82, 2.24) is 10.6 Å². The van der Waals surface area contributed by atoms with E-state index in [1.807, 2.05) is 0 Å². The molecule has 0 saturated heterocycles. The summed E-state index contributed by atoms with van der Waals surface area (Å²) in [6, 6.07) is 5.75. The van der Waals surface area contributed by atoms with Crippen LogP contribution in [0.4, 0.5) is 5.69 Å². The van der Waals surface area contributed by atoms with Crippen LogP contribution in [0.15, 0.2) is 18.2 Å². The predicted octanol–water partition coefficient (Wildman–Crippen LogP) is 2.32. The van der Waals surface area contributed by atoms with Crippen LogP contribution in [-0.4, -0.2) is 32.1 Å². The van der Waals surface area contributed by atoms with Crippen molar-refractivity contribution in [1.29, 1.82) is 0 Å². The highest BCUT2D eigenvalue weighted by molar-refractivity contribution is 5.95. The van der Waals surface area contributed by atoms with Gasteiger partial charge in [-0.25, -0.2) is 0 Å². The van der Waals surface area contributed by atoms with E-state index in [0.717, 1.165) is 13.0 Å². The molecular formula is C17H27N3O2. The number of nitrogens with one attached hydrogen (secondary N) is 2. The van der Waals surface area contributed by atoms with E-state index in [2.05, 4.69) is 10.6 Å². The summed E-state index contributed by atoms with van der Waals surface area (Å²) < 4.78 is 5.13. The predicted molar refractivity (Wildman–Crippen MR) is 89.2 cm³/mol. The average Bonchev–Trinajstić information content (AvgIpc) is 2.55. The summed E-state index contributed by atoms with van der Waals surface area (Å²) in [4.78, 5) is 12.1. The Labute approximate surface area is 132 Å². The molecule has 0 heterocycles. The number of nitrogen functional groups attached to an aromatic ring is 1. The molecule has 122 valence electrons. The smallest absolute Gasteiger partial charge is 0.251 e. The summed E-state index contributed by atoms with van der Waals surface area (Å²) in [5.41, 5.74) is 6.86. The minimum atomic E-state index is -0.0871. The van der Waals surface area contributed by atoms with E-state index in [-0.39, 0.29) is 5.91 Å². The van der Waals surface area contributed by atoms with Gasteiger partial charge in [-0.1, -0.05) is 19.3 Å². The normalized spacial score (nSPS) is 15.5. The summed E-state index contributed by atoms with van der Waals surface area (Å²) in [6.45, 7) is 1.63. The molecule has 0 spiro atoms. The van der Waals surface area contributed by atoms with Gasteiger partial charge in [-0.05, 0) is 44.0 Å². The van der Waals surface area contributed by atoms with Crippen LogP contribution >= 0.6 is 0 Å². The largest absolute Gasteiger partial charge is 0.495 e. The Balaban J connectivity index is 1.67. The van der Waals surface area contributed by atoms with E-state index in [4.69, 9.17) is 10.5 Å². The van der Waals surface area contributed by atoms with Gasteiger partial charge in [-0.2, -0.15) is 0 Å². The molecule has 5 heteroatoms. The number of carbonyl (C=O) groups excluding carboxylic acids is 1. The van der Waals surface area contributed by atoms with E-state index < -0.39 is 0 Å². The molecule has 1 amide bonds. The third-order valence-corrected chi connectivity index (χ3v) is 4.17. The number of methoxy groups -OCH3 is 1. The quantitative estimate of drug-likeness (QED) is 0.534. The monoisotopic (exact) mass is 305 g/mol. The van der Waals surface area contributed by atoms with Gasteiger partial charge in [0.2, 0.25) is 0 Å². The number of anilines is 1. The zero-order valence-electron chi connectivity index (χ0n) is 13.4. The standard InChI is InChI=1S/C17H27N3O2/c1-22-16-12-13(8-9-15(16)18)17(21)20-11-5-10-19-14-6-3-2-4-7-14/h8-9,12,14,19H,2-7,10-11,18H2,1H3,(H,20,21). The minimum Gasteiger partial charge on any atom is -0.495 e. The van der Waals surface area contributed by atoms with Crippen molar-refractivity contribution in [2.75, 3.05) is 25.9 Å². The van der Waals surface area contributed by atoms with Gasteiger partial charge in [-0.15, -0.1) is 0 Å². The van der Waals surface area contributed by atoms with Gasteiger partial charge in [0.25, 0.3) is 5.91 Å². The molecule has 0 radical (unpaired) electrons. The van der Waals surface area contributed by atoms with E-state index in [1.165, 1.54) is 32.1 Å². The van der Waals surface area contributed by atoms with Gasteiger partial charge in [0.05, 0.1) is 12.8 Å². The number of hydrogen-bond donors (Lipinski definition) is 3. The molecule has 0 atom stereocenters. The summed E-state index contributed by atoms with van der Waals surface area (Å²) in [7, 11) is 1.55. The topological polar surface area (TPSA) is 76.4 Å². The lowest BCUT2D eigenvalue weighted by atomic mass is 9.95. The van der Waals surface area contributed by atoms with Gasteiger partial charge < -0.3 is 21.1 Å². The number of ether oxygens (including phenoxy) is 1. The molecule has 0 unspecified atom stereocenters. The number of amides is 1. The van der Waals surface area contributed by atoms with Gasteiger partial charge in [0.1, 0.15) is 5.75 Å². The highest BCUT2D eigenvalue weighted by Crippen LogP contribution is 2.22. The Morgan fingerprint density at radius 3 is 2.77 bits per heavy atom. The maximum absolute atomic E-state index is 12.1. The van der Waals surface area contributed by atoms with Crippen LogP contribution < -0.4 is 21.1 Å². The minimum absolute atomic E-state index is 0.0871. The zero-order chi connectivity index (χ0) is 15.8. The van der Waals surface area contributed by atoms with E-state index in [0.29, 0.717) is 29.6 Å². The molecule has 1 fully saturated rings. The first-order valence-corrected chi connectivity index (χ1v) is 8.16. The molecule has 1 aliphatic carbocycles. The molecule has 1 aromatic rings. The van der Waals surface area contributed by atoms with Gasteiger partial charge in [0, 0.05) is 18.2 Å². The lowest BCUT2D eigenvalue weighted by Gasteiger charge is -2.22. The average molecular weight is 305 g/mol. The van der Waals surface area contributed by atoms with E-state index in [9.17, 15) is 4.79 Å². The number of benzene rings is 1. The molecule has 4 N–H and O–H groups in total. The molecule has 1 aromatic carbocycles. The molecular weight excluding hydrogens is 278 g/mol. The van der Waals surface area contributed by atoms with Crippen molar-refractivity contribution in [3.05, 3.63) is 23.8 Å². The van der Waals surface area contributed by atoms with Crippen LogP contribution in [0.2, 0.25) is 0 Å². The first-order valence-electron chi connectivity index (χ1n) is 8.16.